The Kier molecular flexibility index (Phi) is 3.38. The standard InChI is InChI=1S/C8H10N2OS3/c12-14(13)10-5-7(6-10)11-8-3-1-2-4-9-8/h1-4,7H,5-6H2,(H,12,13). The van der Waals surface area contributed by atoms with Crippen molar-refractivity contribution < 1.29 is 4.74 Å². The SMILES string of the molecule is S=S(S)N1CC(Oc2ccccn2)C1. The zero-order chi connectivity index (χ0) is 9.97. The molecule has 0 aliphatic carbocycles. The van der Waals surface area contributed by atoms with Crippen LogP contribution in [0.25, 0.3) is 0 Å². The van der Waals surface area contributed by atoms with E-state index in [1.165, 1.54) is 0 Å². The second-order valence-corrected chi connectivity index (χ2v) is 6.69. The van der Waals surface area contributed by atoms with E-state index in [0.717, 1.165) is 13.1 Å². The Bertz CT molecular complexity index is 327. The molecule has 1 aromatic rings. The third kappa shape index (κ3) is 2.44. The number of nitrogens with zero attached hydrogens (tertiary/aromatic N) is 2. The molecule has 1 unspecified atom stereocenters. The Morgan fingerprint density at radius 2 is 2.36 bits per heavy atom. The van der Waals surface area contributed by atoms with Gasteiger partial charge in [-0.05, 0) is 17.3 Å². The summed E-state index contributed by atoms with van der Waals surface area (Å²) in [4.78, 5) is 4.09. The predicted molar refractivity (Wildman–Crippen MR) is 63.9 cm³/mol. The van der Waals surface area contributed by atoms with Crippen LogP contribution in [0.4, 0.5) is 0 Å². The number of thiol groups is 1. The first kappa shape index (κ1) is 10.4. The Morgan fingerprint density at radius 1 is 1.57 bits per heavy atom. The number of rotatable bonds is 3. The normalized spacial score (nSPS) is 20.1. The lowest BCUT2D eigenvalue weighted by molar-refractivity contribution is 0.0795. The van der Waals surface area contributed by atoms with E-state index in [1.807, 2.05) is 18.2 Å². The monoisotopic (exact) mass is 246 g/mol. The van der Waals surface area contributed by atoms with E-state index in [4.69, 9.17) is 15.9 Å². The summed E-state index contributed by atoms with van der Waals surface area (Å²) in [6.07, 6.45) is 1.94. The Morgan fingerprint density at radius 3 is 2.93 bits per heavy atom. The maximum absolute atomic E-state index is 5.60. The van der Waals surface area contributed by atoms with Gasteiger partial charge in [-0.3, -0.25) is 0 Å². The lowest BCUT2D eigenvalue weighted by atomic mass is 10.2. The molecule has 76 valence electrons. The molecule has 0 N–H and O–H groups in total. The third-order valence-corrected chi connectivity index (χ3v) is 4.03. The van der Waals surface area contributed by atoms with Crippen LogP contribution < -0.4 is 4.74 Å². The van der Waals surface area contributed by atoms with E-state index in [1.54, 1.807) is 6.20 Å². The number of aromatic nitrogens is 1. The molecule has 3 nitrogen and oxygen atoms in total. The first-order valence-corrected chi connectivity index (χ1v) is 7.35. The van der Waals surface area contributed by atoms with Crippen molar-refractivity contribution in [2.75, 3.05) is 13.1 Å². The predicted octanol–water partition coefficient (Wildman–Crippen LogP) is 0.985. The summed E-state index contributed by atoms with van der Waals surface area (Å²) in [5.74, 6) is 0.681. The van der Waals surface area contributed by atoms with Gasteiger partial charge in [0, 0.05) is 34.0 Å². The van der Waals surface area contributed by atoms with Crippen molar-refractivity contribution in [2.24, 2.45) is 0 Å². The zero-order valence-electron chi connectivity index (χ0n) is 7.37. The number of hydrogen-bond donors (Lipinski definition) is 1. The van der Waals surface area contributed by atoms with E-state index in [2.05, 4.69) is 20.9 Å². The van der Waals surface area contributed by atoms with Crippen molar-refractivity contribution in [1.82, 2.24) is 9.29 Å². The molecule has 0 saturated carbocycles. The number of hydrogen-bond acceptors (Lipinski definition) is 3. The molecule has 1 saturated heterocycles. The lowest BCUT2D eigenvalue weighted by Gasteiger charge is -2.37. The minimum absolute atomic E-state index is 0.218. The van der Waals surface area contributed by atoms with Gasteiger partial charge in [0.25, 0.3) is 0 Å². The van der Waals surface area contributed by atoms with Gasteiger partial charge in [-0.1, -0.05) is 17.7 Å². The Balaban J connectivity index is 1.82. The molecule has 0 amide bonds. The van der Waals surface area contributed by atoms with Crippen molar-refractivity contribution in [3.8, 4) is 5.88 Å². The number of pyridine rings is 1. The second-order valence-electron chi connectivity index (χ2n) is 2.99. The highest BCUT2D eigenvalue weighted by molar-refractivity contribution is 8.75. The minimum atomic E-state index is -0.342. The van der Waals surface area contributed by atoms with Gasteiger partial charge in [0.15, 0.2) is 0 Å². The van der Waals surface area contributed by atoms with Gasteiger partial charge in [0.05, 0.1) is 0 Å². The quantitative estimate of drug-likeness (QED) is 0.635. The van der Waals surface area contributed by atoms with E-state index < -0.39 is 0 Å². The summed E-state index contributed by atoms with van der Waals surface area (Å²) in [6, 6.07) is 5.64. The maximum atomic E-state index is 5.60. The van der Waals surface area contributed by atoms with Crippen LogP contribution in [0.1, 0.15) is 0 Å². The molecule has 0 bridgehead atoms. The molecule has 1 fully saturated rings. The van der Waals surface area contributed by atoms with E-state index in [0.29, 0.717) is 5.88 Å². The van der Waals surface area contributed by atoms with Crippen LogP contribution in [0, 0.1) is 0 Å². The molecule has 0 radical (unpaired) electrons. The van der Waals surface area contributed by atoms with E-state index in [-0.39, 0.29) is 14.8 Å². The van der Waals surface area contributed by atoms with Crippen LogP contribution in [-0.4, -0.2) is 28.5 Å². The van der Waals surface area contributed by atoms with E-state index >= 15 is 0 Å². The zero-order valence-corrected chi connectivity index (χ0v) is 9.89. The van der Waals surface area contributed by atoms with Crippen molar-refractivity contribution in [1.29, 1.82) is 0 Å². The first-order chi connectivity index (χ1) is 6.75. The molecule has 6 heteroatoms. The molecule has 1 aromatic heterocycles. The summed E-state index contributed by atoms with van der Waals surface area (Å²) in [5.41, 5.74) is 0. The molecule has 14 heavy (non-hydrogen) atoms. The highest BCUT2D eigenvalue weighted by Crippen LogP contribution is 2.18. The topological polar surface area (TPSA) is 25.4 Å². The van der Waals surface area contributed by atoms with Crippen LogP contribution in [0.3, 0.4) is 0 Å². The molecule has 1 aliphatic heterocycles. The summed E-state index contributed by atoms with van der Waals surface area (Å²) in [7, 11) is -0.342. The molecule has 2 heterocycles. The smallest absolute Gasteiger partial charge is 0.213 e. The van der Waals surface area contributed by atoms with Gasteiger partial charge in [-0.25, -0.2) is 9.29 Å². The van der Waals surface area contributed by atoms with Crippen molar-refractivity contribution >= 4 is 31.5 Å². The summed E-state index contributed by atoms with van der Waals surface area (Å²) in [5, 5.41) is 0. The van der Waals surface area contributed by atoms with Crippen molar-refractivity contribution in [3.63, 3.8) is 0 Å². The Labute approximate surface area is 95.0 Å². The fraction of sp³-hybridized carbons (Fsp3) is 0.375. The van der Waals surface area contributed by atoms with Gasteiger partial charge < -0.3 is 4.74 Å². The van der Waals surface area contributed by atoms with Gasteiger partial charge in [0.1, 0.15) is 6.10 Å². The van der Waals surface area contributed by atoms with Crippen LogP contribution >= 0.6 is 11.7 Å². The van der Waals surface area contributed by atoms with Gasteiger partial charge in [-0.15, -0.1) is 0 Å². The average molecular weight is 246 g/mol. The third-order valence-electron chi connectivity index (χ3n) is 1.96. The minimum Gasteiger partial charge on any atom is -0.472 e. The van der Waals surface area contributed by atoms with Crippen molar-refractivity contribution in [2.45, 2.75) is 6.10 Å². The molecule has 1 atom stereocenters. The largest absolute Gasteiger partial charge is 0.472 e. The van der Waals surface area contributed by atoms with Gasteiger partial charge in [-0.2, -0.15) is 0 Å². The van der Waals surface area contributed by atoms with Crippen LogP contribution in [-0.2, 0) is 19.9 Å². The lowest BCUT2D eigenvalue weighted by Crippen LogP contribution is -2.53. The molecule has 2 rings (SSSR count). The highest BCUT2D eigenvalue weighted by Gasteiger charge is 2.29. The second kappa shape index (κ2) is 4.57. The van der Waals surface area contributed by atoms with Gasteiger partial charge >= 0.3 is 0 Å². The molecule has 0 spiro atoms. The fourth-order valence-corrected chi connectivity index (χ4v) is 2.54. The Hall–Kier alpha value is -0.170. The fourth-order valence-electron chi connectivity index (χ4n) is 1.19. The summed E-state index contributed by atoms with van der Waals surface area (Å²) in [6.45, 7) is 1.71. The molecular formula is C8H10N2OS3. The summed E-state index contributed by atoms with van der Waals surface area (Å²) < 4.78 is 7.69. The molecule has 0 aromatic carbocycles. The summed E-state index contributed by atoms with van der Waals surface area (Å²) >= 11 is 9.20. The average Bonchev–Trinajstić information content (AvgIpc) is 2.12. The van der Waals surface area contributed by atoms with Crippen LogP contribution in [0.2, 0.25) is 0 Å². The van der Waals surface area contributed by atoms with Crippen LogP contribution in [0.15, 0.2) is 24.4 Å². The molecular weight excluding hydrogens is 236 g/mol. The van der Waals surface area contributed by atoms with Crippen LogP contribution in [0.5, 0.6) is 5.88 Å². The number of ether oxygens (including phenoxy) is 1. The first-order valence-electron chi connectivity index (χ1n) is 4.19. The molecule has 1 aliphatic rings. The van der Waals surface area contributed by atoms with Gasteiger partial charge in [0.2, 0.25) is 5.88 Å². The van der Waals surface area contributed by atoms with Crippen molar-refractivity contribution in [3.05, 3.63) is 24.4 Å². The van der Waals surface area contributed by atoms with E-state index in [9.17, 15) is 0 Å². The highest BCUT2D eigenvalue weighted by atomic mass is 33.3. The maximum Gasteiger partial charge on any atom is 0.213 e.